The Labute approximate surface area is 135 Å². The lowest BCUT2D eigenvalue weighted by atomic mass is 9.79. The molecule has 122 valence electrons. The molecule has 1 aromatic rings. The molecule has 3 atom stereocenters. The van der Waals surface area contributed by atoms with E-state index in [0.717, 1.165) is 11.3 Å². The molecule has 0 unspecified atom stereocenters. The fraction of sp³-hybridized carbons (Fsp3) is 0.444. The Hall–Kier alpha value is -2.30. The van der Waals surface area contributed by atoms with E-state index in [9.17, 15) is 9.59 Å². The van der Waals surface area contributed by atoms with Gasteiger partial charge in [-0.15, -0.1) is 0 Å². The summed E-state index contributed by atoms with van der Waals surface area (Å²) in [5.74, 6) is -0.728. The lowest BCUT2D eigenvalue weighted by Gasteiger charge is -2.32. The third-order valence-electron chi connectivity index (χ3n) is 4.34. The number of ether oxygens (including phenoxy) is 3. The van der Waals surface area contributed by atoms with Gasteiger partial charge >= 0.3 is 11.9 Å². The van der Waals surface area contributed by atoms with E-state index in [4.69, 9.17) is 14.2 Å². The van der Waals surface area contributed by atoms with Crippen LogP contribution in [-0.2, 0) is 19.1 Å². The molecule has 0 aromatic heterocycles. The summed E-state index contributed by atoms with van der Waals surface area (Å²) in [7, 11) is 0. The molecule has 23 heavy (non-hydrogen) atoms. The van der Waals surface area contributed by atoms with Crippen LogP contribution in [0.25, 0.3) is 0 Å². The molecule has 1 heterocycles. The van der Waals surface area contributed by atoms with E-state index in [1.54, 1.807) is 19.9 Å². The number of hydrogen-bond donors (Lipinski definition) is 0. The van der Waals surface area contributed by atoms with Crippen molar-refractivity contribution in [2.75, 3.05) is 19.8 Å². The topological polar surface area (TPSA) is 61.8 Å². The Morgan fingerprint density at radius 1 is 1.17 bits per heavy atom. The molecule has 1 aliphatic heterocycles. The van der Waals surface area contributed by atoms with Crippen molar-refractivity contribution in [1.82, 2.24) is 0 Å². The molecule has 0 saturated heterocycles. The van der Waals surface area contributed by atoms with E-state index >= 15 is 0 Å². The minimum Gasteiger partial charge on any atom is -0.493 e. The van der Waals surface area contributed by atoms with Crippen molar-refractivity contribution in [1.29, 1.82) is 0 Å². The minimum atomic E-state index is -0.479. The van der Waals surface area contributed by atoms with Crippen LogP contribution in [0.2, 0.25) is 0 Å². The molecule has 0 saturated carbocycles. The summed E-state index contributed by atoms with van der Waals surface area (Å²) in [6.45, 7) is 4.53. The molecular weight excluding hydrogens is 296 g/mol. The van der Waals surface area contributed by atoms with Gasteiger partial charge in [-0.3, -0.25) is 4.79 Å². The molecule has 5 nitrogen and oxygen atoms in total. The van der Waals surface area contributed by atoms with Gasteiger partial charge in [-0.2, -0.15) is 0 Å². The highest BCUT2D eigenvalue weighted by Crippen LogP contribution is 2.49. The van der Waals surface area contributed by atoms with Crippen LogP contribution in [0.4, 0.5) is 0 Å². The van der Waals surface area contributed by atoms with E-state index in [1.807, 2.05) is 24.3 Å². The maximum atomic E-state index is 12.4. The summed E-state index contributed by atoms with van der Waals surface area (Å²) in [4.78, 5) is 24.6. The number of carbonyl (C=O) groups excluding carboxylic acids is 2. The Bertz CT molecular complexity index is 649. The van der Waals surface area contributed by atoms with E-state index in [0.29, 0.717) is 25.4 Å². The van der Waals surface area contributed by atoms with Gasteiger partial charge in [0.15, 0.2) is 0 Å². The van der Waals surface area contributed by atoms with Crippen LogP contribution in [0, 0.1) is 11.8 Å². The van der Waals surface area contributed by atoms with Gasteiger partial charge in [0.1, 0.15) is 5.75 Å². The smallest absolute Gasteiger partial charge is 0.334 e. The second kappa shape index (κ2) is 6.44. The van der Waals surface area contributed by atoms with Gasteiger partial charge in [0.2, 0.25) is 0 Å². The second-order valence-electron chi connectivity index (χ2n) is 5.61. The van der Waals surface area contributed by atoms with Gasteiger partial charge in [0.05, 0.1) is 25.7 Å². The zero-order valence-corrected chi connectivity index (χ0v) is 13.3. The summed E-state index contributed by atoms with van der Waals surface area (Å²) in [6.07, 6.45) is 1.71. The number of rotatable bonds is 4. The van der Waals surface area contributed by atoms with Crippen LogP contribution in [0.5, 0.6) is 5.75 Å². The standard InChI is InChI=1S/C18H20O5/c1-3-21-17(19)12-9-13(18(20)22-4-2)16-11-7-5-6-8-15(11)23-10-14(12)16/h5-9,12,14,16H,3-4,10H2,1-2H3/t12-,14+,16-/m1/s1. The molecule has 5 heteroatoms. The summed E-state index contributed by atoms with van der Waals surface area (Å²) < 4.78 is 16.1. The Kier molecular flexibility index (Phi) is 4.37. The Morgan fingerprint density at radius 2 is 1.91 bits per heavy atom. The van der Waals surface area contributed by atoms with Gasteiger partial charge in [-0.05, 0) is 19.9 Å². The summed E-state index contributed by atoms with van der Waals surface area (Å²) in [5, 5.41) is 0. The predicted octanol–water partition coefficient (Wildman–Crippen LogP) is 2.46. The SMILES string of the molecule is CCOC(=O)C1=C[C@@H](C(=O)OCC)[C@@H]2COc3ccccc3[C@H]12. The van der Waals surface area contributed by atoms with Gasteiger partial charge in [-0.25, -0.2) is 4.79 Å². The number of esters is 2. The Balaban J connectivity index is 2.00. The van der Waals surface area contributed by atoms with Crippen LogP contribution in [-0.4, -0.2) is 31.8 Å². The number of para-hydroxylation sites is 1. The van der Waals surface area contributed by atoms with E-state index in [-0.39, 0.29) is 23.8 Å². The van der Waals surface area contributed by atoms with Crippen molar-refractivity contribution in [3.8, 4) is 5.75 Å². The lowest BCUT2D eigenvalue weighted by Crippen LogP contribution is -2.33. The largest absolute Gasteiger partial charge is 0.493 e. The van der Waals surface area contributed by atoms with Gasteiger partial charge in [0, 0.05) is 23.0 Å². The first-order valence-electron chi connectivity index (χ1n) is 7.94. The molecule has 0 bridgehead atoms. The normalized spacial score (nSPS) is 24.8. The highest BCUT2D eigenvalue weighted by Gasteiger charge is 2.48. The van der Waals surface area contributed by atoms with Crippen molar-refractivity contribution >= 4 is 11.9 Å². The average Bonchev–Trinajstić information content (AvgIpc) is 2.95. The summed E-state index contributed by atoms with van der Waals surface area (Å²) in [6, 6.07) is 7.62. The first-order valence-corrected chi connectivity index (χ1v) is 7.94. The minimum absolute atomic E-state index is 0.136. The second-order valence-corrected chi connectivity index (χ2v) is 5.61. The van der Waals surface area contributed by atoms with Crippen molar-refractivity contribution in [2.24, 2.45) is 11.8 Å². The van der Waals surface area contributed by atoms with Crippen LogP contribution in [0.3, 0.4) is 0 Å². The van der Waals surface area contributed by atoms with Crippen LogP contribution < -0.4 is 4.74 Å². The van der Waals surface area contributed by atoms with Crippen LogP contribution >= 0.6 is 0 Å². The quantitative estimate of drug-likeness (QED) is 0.799. The van der Waals surface area contributed by atoms with Gasteiger partial charge in [-0.1, -0.05) is 24.3 Å². The zero-order chi connectivity index (χ0) is 16.4. The van der Waals surface area contributed by atoms with E-state index in [2.05, 4.69) is 0 Å². The number of carbonyl (C=O) groups is 2. The van der Waals surface area contributed by atoms with Crippen molar-refractivity contribution in [3.63, 3.8) is 0 Å². The van der Waals surface area contributed by atoms with Crippen LogP contribution in [0.15, 0.2) is 35.9 Å². The zero-order valence-electron chi connectivity index (χ0n) is 13.3. The molecule has 0 radical (unpaired) electrons. The third-order valence-corrected chi connectivity index (χ3v) is 4.34. The molecule has 0 fully saturated rings. The third kappa shape index (κ3) is 2.71. The number of hydrogen-bond acceptors (Lipinski definition) is 5. The van der Waals surface area contributed by atoms with Crippen molar-refractivity contribution < 1.29 is 23.8 Å². The maximum absolute atomic E-state index is 12.4. The average molecular weight is 316 g/mol. The van der Waals surface area contributed by atoms with E-state index < -0.39 is 5.92 Å². The van der Waals surface area contributed by atoms with Gasteiger partial charge < -0.3 is 14.2 Å². The Morgan fingerprint density at radius 3 is 2.65 bits per heavy atom. The number of benzene rings is 1. The highest BCUT2D eigenvalue weighted by molar-refractivity contribution is 5.93. The predicted molar refractivity (Wildman–Crippen MR) is 83.0 cm³/mol. The highest BCUT2D eigenvalue weighted by atomic mass is 16.5. The molecule has 0 amide bonds. The molecular formula is C18H20O5. The molecule has 0 spiro atoms. The molecule has 1 aliphatic carbocycles. The van der Waals surface area contributed by atoms with E-state index in [1.165, 1.54) is 0 Å². The fourth-order valence-electron chi connectivity index (χ4n) is 3.40. The lowest BCUT2D eigenvalue weighted by molar-refractivity contribution is -0.148. The molecule has 0 N–H and O–H groups in total. The summed E-state index contributed by atoms with van der Waals surface area (Å²) in [5.41, 5.74) is 1.46. The van der Waals surface area contributed by atoms with Gasteiger partial charge in [0.25, 0.3) is 0 Å². The number of fused-ring (bicyclic) bond motifs is 3. The first-order chi connectivity index (χ1) is 11.2. The molecule has 2 aliphatic rings. The van der Waals surface area contributed by atoms with Crippen molar-refractivity contribution in [3.05, 3.63) is 41.5 Å². The van der Waals surface area contributed by atoms with Crippen molar-refractivity contribution in [2.45, 2.75) is 19.8 Å². The maximum Gasteiger partial charge on any atom is 0.334 e. The molecule has 1 aromatic carbocycles. The fourth-order valence-corrected chi connectivity index (χ4v) is 3.40. The first kappa shape index (κ1) is 15.6. The molecule has 3 rings (SSSR count). The monoisotopic (exact) mass is 316 g/mol. The summed E-state index contributed by atoms with van der Waals surface area (Å²) >= 11 is 0. The van der Waals surface area contributed by atoms with Crippen LogP contribution in [0.1, 0.15) is 25.3 Å².